The Morgan fingerprint density at radius 1 is 1.03 bits per heavy atom. The van der Waals surface area contributed by atoms with Crippen LogP contribution < -0.4 is 9.47 Å². The molecule has 7 nitrogen and oxygen atoms in total. The number of nitrogens with zero attached hydrogens (tertiary/aromatic N) is 1. The van der Waals surface area contributed by atoms with E-state index < -0.39 is 16.0 Å². The molecule has 0 aliphatic carbocycles. The lowest BCUT2D eigenvalue weighted by molar-refractivity contribution is 0.0600. The first kappa shape index (κ1) is 19.7. The summed E-state index contributed by atoms with van der Waals surface area (Å²) in [4.78, 5) is 11.8. The third-order valence-corrected chi connectivity index (χ3v) is 7.16. The molecular weight excluding hydrogens is 394 g/mol. The van der Waals surface area contributed by atoms with E-state index in [9.17, 15) is 13.2 Å². The van der Waals surface area contributed by atoms with Crippen molar-refractivity contribution >= 4 is 16.0 Å². The van der Waals surface area contributed by atoms with E-state index >= 15 is 0 Å². The molecule has 0 N–H and O–H groups in total. The van der Waals surface area contributed by atoms with Crippen LogP contribution in [0.15, 0.2) is 47.4 Å². The lowest BCUT2D eigenvalue weighted by Gasteiger charge is -2.25. The molecule has 0 unspecified atom stereocenters. The normalized spacial score (nSPS) is 19.6. The van der Waals surface area contributed by atoms with Gasteiger partial charge < -0.3 is 14.2 Å². The summed E-state index contributed by atoms with van der Waals surface area (Å²) in [5.41, 5.74) is 1.20. The maximum atomic E-state index is 13.3. The standard InChI is InChI=1S/C21H23NO6S/c1-26-21(23)15-5-8-17(9-6-15)29(24,25)22-11-2-4-18(22)16-7-10-19-20(14-16)28-13-3-12-27-19/h5-10,14,18H,2-4,11-13H2,1H3/t18-/m1/s1. The SMILES string of the molecule is COC(=O)c1ccc(S(=O)(=O)N2CCC[C@@H]2c2ccc3c(c2)OCCCO3)cc1. The molecule has 154 valence electrons. The first-order chi connectivity index (χ1) is 14.0. The molecule has 29 heavy (non-hydrogen) atoms. The first-order valence-corrected chi connectivity index (χ1v) is 11.0. The highest BCUT2D eigenvalue weighted by Crippen LogP contribution is 2.40. The molecule has 2 heterocycles. The van der Waals surface area contributed by atoms with Crippen molar-refractivity contribution in [3.63, 3.8) is 0 Å². The van der Waals surface area contributed by atoms with Crippen molar-refractivity contribution in [3.05, 3.63) is 53.6 Å². The van der Waals surface area contributed by atoms with E-state index in [1.54, 1.807) is 0 Å². The number of methoxy groups -OCH3 is 1. The zero-order chi connectivity index (χ0) is 20.4. The van der Waals surface area contributed by atoms with Crippen molar-refractivity contribution in [1.82, 2.24) is 4.31 Å². The summed E-state index contributed by atoms with van der Waals surface area (Å²) >= 11 is 0. The van der Waals surface area contributed by atoms with Crippen LogP contribution in [0.25, 0.3) is 0 Å². The molecule has 2 aliphatic heterocycles. The number of ether oxygens (including phenoxy) is 3. The second-order valence-corrected chi connectivity index (χ2v) is 8.94. The van der Waals surface area contributed by atoms with Crippen LogP contribution >= 0.6 is 0 Å². The van der Waals surface area contributed by atoms with Crippen LogP contribution in [-0.2, 0) is 14.8 Å². The lowest BCUT2D eigenvalue weighted by Crippen LogP contribution is -2.30. The zero-order valence-electron chi connectivity index (χ0n) is 16.2. The second-order valence-electron chi connectivity index (χ2n) is 7.05. The number of hydrogen-bond acceptors (Lipinski definition) is 6. The minimum atomic E-state index is -3.70. The van der Waals surface area contributed by atoms with Gasteiger partial charge in [-0.05, 0) is 54.8 Å². The monoisotopic (exact) mass is 417 g/mol. The van der Waals surface area contributed by atoms with Gasteiger partial charge in [-0.3, -0.25) is 0 Å². The maximum Gasteiger partial charge on any atom is 0.337 e. The Kier molecular flexibility index (Phi) is 5.47. The molecule has 1 atom stereocenters. The summed E-state index contributed by atoms with van der Waals surface area (Å²) in [6.07, 6.45) is 2.33. The molecular formula is C21H23NO6S. The summed E-state index contributed by atoms with van der Waals surface area (Å²) in [6.45, 7) is 1.63. The molecule has 0 aromatic heterocycles. The number of hydrogen-bond donors (Lipinski definition) is 0. The Morgan fingerprint density at radius 2 is 1.76 bits per heavy atom. The Morgan fingerprint density at radius 3 is 2.48 bits per heavy atom. The van der Waals surface area contributed by atoms with Gasteiger partial charge in [-0.15, -0.1) is 0 Å². The highest BCUT2D eigenvalue weighted by Gasteiger charge is 2.36. The molecule has 0 spiro atoms. The first-order valence-electron chi connectivity index (χ1n) is 9.60. The minimum Gasteiger partial charge on any atom is -0.490 e. The highest BCUT2D eigenvalue weighted by molar-refractivity contribution is 7.89. The number of rotatable bonds is 4. The van der Waals surface area contributed by atoms with Gasteiger partial charge in [-0.25, -0.2) is 13.2 Å². The second kappa shape index (κ2) is 8.04. The Bertz CT molecular complexity index is 1000. The fraction of sp³-hybridized carbons (Fsp3) is 0.381. The largest absolute Gasteiger partial charge is 0.490 e. The Labute approximate surface area is 170 Å². The van der Waals surface area contributed by atoms with Crippen molar-refractivity contribution in [2.75, 3.05) is 26.9 Å². The molecule has 8 heteroatoms. The molecule has 2 aromatic carbocycles. The quantitative estimate of drug-likeness (QED) is 0.711. The summed E-state index contributed by atoms with van der Waals surface area (Å²) < 4.78 is 44.2. The third-order valence-electron chi connectivity index (χ3n) is 5.24. The van der Waals surface area contributed by atoms with Crippen LogP contribution in [0.2, 0.25) is 0 Å². The topological polar surface area (TPSA) is 82.1 Å². The van der Waals surface area contributed by atoms with Gasteiger partial charge in [0, 0.05) is 13.0 Å². The van der Waals surface area contributed by atoms with E-state index in [0.29, 0.717) is 36.8 Å². The van der Waals surface area contributed by atoms with E-state index in [1.165, 1.54) is 35.7 Å². The predicted octanol–water partition coefficient (Wildman–Crippen LogP) is 3.16. The van der Waals surface area contributed by atoms with Crippen LogP contribution in [-0.4, -0.2) is 45.6 Å². The summed E-state index contributed by atoms with van der Waals surface area (Å²) in [5, 5.41) is 0. The number of carbonyl (C=O) groups excluding carboxylic acids is 1. The van der Waals surface area contributed by atoms with E-state index in [4.69, 9.17) is 9.47 Å². The van der Waals surface area contributed by atoms with Crippen molar-refractivity contribution in [1.29, 1.82) is 0 Å². The van der Waals surface area contributed by atoms with E-state index in [2.05, 4.69) is 4.74 Å². The lowest BCUT2D eigenvalue weighted by atomic mass is 10.0. The van der Waals surface area contributed by atoms with Crippen molar-refractivity contribution < 1.29 is 27.4 Å². The number of esters is 1. The molecule has 0 saturated carbocycles. The van der Waals surface area contributed by atoms with Crippen molar-refractivity contribution in [2.45, 2.75) is 30.2 Å². The number of carbonyl (C=O) groups is 1. The molecule has 2 aromatic rings. The smallest absolute Gasteiger partial charge is 0.337 e. The van der Waals surface area contributed by atoms with E-state index in [-0.39, 0.29) is 10.9 Å². The maximum absolute atomic E-state index is 13.3. The van der Waals surface area contributed by atoms with Gasteiger partial charge >= 0.3 is 5.97 Å². The van der Waals surface area contributed by atoms with Gasteiger partial charge in [0.05, 0.1) is 36.8 Å². The Balaban J connectivity index is 1.62. The summed E-state index contributed by atoms with van der Waals surface area (Å²) in [7, 11) is -2.42. The van der Waals surface area contributed by atoms with Gasteiger partial charge in [-0.2, -0.15) is 4.31 Å². The molecule has 1 fully saturated rings. The third kappa shape index (κ3) is 3.82. The molecule has 2 aliphatic rings. The van der Waals surface area contributed by atoms with E-state index in [0.717, 1.165) is 24.8 Å². The Hall–Kier alpha value is -2.58. The molecule has 0 amide bonds. The number of fused-ring (bicyclic) bond motifs is 1. The van der Waals surface area contributed by atoms with Gasteiger partial charge in [-0.1, -0.05) is 6.07 Å². The van der Waals surface area contributed by atoms with Gasteiger partial charge in [0.2, 0.25) is 10.0 Å². The minimum absolute atomic E-state index is 0.159. The van der Waals surface area contributed by atoms with Gasteiger partial charge in [0.15, 0.2) is 11.5 Å². The van der Waals surface area contributed by atoms with Crippen LogP contribution in [0.1, 0.15) is 41.2 Å². The van der Waals surface area contributed by atoms with Gasteiger partial charge in [0.1, 0.15) is 0 Å². The fourth-order valence-electron chi connectivity index (χ4n) is 3.76. The summed E-state index contributed by atoms with van der Waals surface area (Å²) in [6, 6.07) is 11.2. The fourth-order valence-corrected chi connectivity index (χ4v) is 5.45. The van der Waals surface area contributed by atoms with Crippen LogP contribution in [0, 0.1) is 0 Å². The summed E-state index contributed by atoms with van der Waals surface area (Å²) in [5.74, 6) is 0.851. The van der Waals surface area contributed by atoms with Crippen LogP contribution in [0.4, 0.5) is 0 Å². The van der Waals surface area contributed by atoms with Gasteiger partial charge in [0.25, 0.3) is 0 Å². The zero-order valence-corrected chi connectivity index (χ0v) is 17.0. The highest BCUT2D eigenvalue weighted by atomic mass is 32.2. The van der Waals surface area contributed by atoms with Crippen molar-refractivity contribution in [3.8, 4) is 11.5 Å². The number of benzene rings is 2. The van der Waals surface area contributed by atoms with Crippen molar-refractivity contribution in [2.24, 2.45) is 0 Å². The van der Waals surface area contributed by atoms with Crippen LogP contribution in [0.5, 0.6) is 11.5 Å². The molecule has 0 radical (unpaired) electrons. The average Bonchev–Trinajstić information content (AvgIpc) is 3.13. The van der Waals surface area contributed by atoms with Crippen LogP contribution in [0.3, 0.4) is 0 Å². The average molecular weight is 417 g/mol. The number of sulfonamides is 1. The predicted molar refractivity (Wildman–Crippen MR) is 106 cm³/mol. The molecule has 4 rings (SSSR count). The molecule has 0 bridgehead atoms. The van der Waals surface area contributed by atoms with E-state index in [1.807, 2.05) is 18.2 Å². The molecule has 1 saturated heterocycles.